The minimum Gasteiger partial charge on any atom is -0.0654 e. The van der Waals surface area contributed by atoms with Crippen molar-refractivity contribution in [2.75, 3.05) is 0 Å². The lowest BCUT2D eigenvalue weighted by atomic mass is 9.65. The molecule has 0 aromatic carbocycles. The maximum Gasteiger partial charge on any atom is -0.0352 e. The first-order chi connectivity index (χ1) is 9.49. The van der Waals surface area contributed by atoms with E-state index in [2.05, 4.69) is 41.5 Å². The zero-order valence-electron chi connectivity index (χ0n) is 15.1. The fourth-order valence-corrected chi connectivity index (χ4v) is 4.60. The predicted molar refractivity (Wildman–Crippen MR) is 91.9 cm³/mol. The Hall–Kier alpha value is 0. The molecule has 0 amide bonds. The molecule has 4 unspecified atom stereocenters. The summed E-state index contributed by atoms with van der Waals surface area (Å²) >= 11 is 0. The van der Waals surface area contributed by atoms with Crippen LogP contribution in [0.3, 0.4) is 0 Å². The maximum atomic E-state index is 2.53. The van der Waals surface area contributed by atoms with Gasteiger partial charge in [0.25, 0.3) is 0 Å². The van der Waals surface area contributed by atoms with E-state index in [1.54, 1.807) is 0 Å². The lowest BCUT2D eigenvalue weighted by Gasteiger charge is -2.40. The summed E-state index contributed by atoms with van der Waals surface area (Å²) in [6.45, 7) is 14.7. The molecule has 0 heterocycles. The zero-order chi connectivity index (χ0) is 15.1. The molecule has 20 heavy (non-hydrogen) atoms. The van der Waals surface area contributed by atoms with Gasteiger partial charge in [-0.25, -0.2) is 0 Å². The van der Waals surface area contributed by atoms with Crippen LogP contribution in [0, 0.1) is 35.5 Å². The van der Waals surface area contributed by atoms with Crippen LogP contribution in [0.2, 0.25) is 0 Å². The highest BCUT2D eigenvalue weighted by molar-refractivity contribution is 4.84. The first-order valence-corrected chi connectivity index (χ1v) is 9.49. The van der Waals surface area contributed by atoms with E-state index in [0.717, 1.165) is 35.5 Å². The van der Waals surface area contributed by atoms with Crippen LogP contribution in [0.1, 0.15) is 92.9 Å². The normalized spacial score (nSPS) is 30.9. The van der Waals surface area contributed by atoms with Gasteiger partial charge in [-0.05, 0) is 48.3 Å². The topological polar surface area (TPSA) is 0 Å². The summed E-state index contributed by atoms with van der Waals surface area (Å²) < 4.78 is 0. The average molecular weight is 281 g/mol. The molecular formula is C20H40. The standard InChI is InChI=1S/C20H40/c1-7-12-20-18(16(4)5)13-10-8-9-11-14-19(20)17(6)15(2)3/h15-20H,7-14H2,1-6H3. The predicted octanol–water partition coefficient (Wildman–Crippen LogP) is 6.94. The smallest absolute Gasteiger partial charge is 0.0352 e. The zero-order valence-corrected chi connectivity index (χ0v) is 15.1. The molecule has 0 N–H and O–H groups in total. The second-order valence-electron chi connectivity index (χ2n) is 8.12. The van der Waals surface area contributed by atoms with Crippen LogP contribution in [0.25, 0.3) is 0 Å². The SMILES string of the molecule is CCCC1C(C(C)C)CCCCCCC1C(C)C(C)C. The Labute approximate surface area is 129 Å². The van der Waals surface area contributed by atoms with Gasteiger partial charge in [-0.3, -0.25) is 0 Å². The van der Waals surface area contributed by atoms with Crippen molar-refractivity contribution in [3.05, 3.63) is 0 Å². The van der Waals surface area contributed by atoms with Crippen LogP contribution in [0.15, 0.2) is 0 Å². The molecule has 0 aliphatic heterocycles. The minimum atomic E-state index is 0.841. The molecule has 0 aromatic heterocycles. The molecule has 120 valence electrons. The quantitative estimate of drug-likeness (QED) is 0.512. The lowest BCUT2D eigenvalue weighted by Crippen LogP contribution is -2.32. The highest BCUT2D eigenvalue weighted by atomic mass is 14.4. The van der Waals surface area contributed by atoms with Gasteiger partial charge in [0.1, 0.15) is 0 Å². The van der Waals surface area contributed by atoms with Crippen LogP contribution in [0.5, 0.6) is 0 Å². The van der Waals surface area contributed by atoms with E-state index in [1.807, 2.05) is 0 Å². The van der Waals surface area contributed by atoms with Gasteiger partial charge in [0, 0.05) is 0 Å². The Bertz CT molecular complexity index is 240. The molecule has 0 saturated heterocycles. The first-order valence-electron chi connectivity index (χ1n) is 9.49. The summed E-state index contributed by atoms with van der Waals surface area (Å²) in [4.78, 5) is 0. The maximum absolute atomic E-state index is 2.53. The molecule has 0 heteroatoms. The van der Waals surface area contributed by atoms with Gasteiger partial charge in [0.05, 0.1) is 0 Å². The van der Waals surface area contributed by atoms with Gasteiger partial charge in [0.15, 0.2) is 0 Å². The third-order valence-electron chi connectivity index (χ3n) is 6.13. The molecule has 0 aromatic rings. The molecule has 0 bridgehead atoms. The Balaban J connectivity index is 2.96. The molecule has 0 nitrogen and oxygen atoms in total. The Morgan fingerprint density at radius 3 is 1.80 bits per heavy atom. The van der Waals surface area contributed by atoms with E-state index >= 15 is 0 Å². The van der Waals surface area contributed by atoms with Gasteiger partial charge in [-0.2, -0.15) is 0 Å². The summed E-state index contributed by atoms with van der Waals surface area (Å²) in [6, 6.07) is 0. The van der Waals surface area contributed by atoms with Crippen LogP contribution in [0.4, 0.5) is 0 Å². The Morgan fingerprint density at radius 1 is 0.800 bits per heavy atom. The molecule has 0 spiro atoms. The molecule has 1 fully saturated rings. The van der Waals surface area contributed by atoms with Crippen LogP contribution in [-0.4, -0.2) is 0 Å². The molecule has 1 aliphatic rings. The fourth-order valence-electron chi connectivity index (χ4n) is 4.60. The molecular weight excluding hydrogens is 240 g/mol. The lowest BCUT2D eigenvalue weighted by molar-refractivity contribution is 0.0916. The molecule has 1 rings (SSSR count). The summed E-state index contributed by atoms with van der Waals surface area (Å²) in [6.07, 6.45) is 11.7. The van der Waals surface area contributed by atoms with E-state index in [0.29, 0.717) is 0 Å². The third kappa shape index (κ3) is 5.08. The number of hydrogen-bond donors (Lipinski definition) is 0. The van der Waals surface area contributed by atoms with E-state index < -0.39 is 0 Å². The Kier molecular flexibility index (Phi) is 8.22. The van der Waals surface area contributed by atoms with Crippen LogP contribution in [-0.2, 0) is 0 Å². The van der Waals surface area contributed by atoms with Crippen molar-refractivity contribution in [1.82, 2.24) is 0 Å². The molecule has 1 aliphatic carbocycles. The van der Waals surface area contributed by atoms with Gasteiger partial charge in [-0.15, -0.1) is 0 Å². The number of hydrogen-bond acceptors (Lipinski definition) is 0. The molecule has 0 radical (unpaired) electrons. The van der Waals surface area contributed by atoms with Gasteiger partial charge >= 0.3 is 0 Å². The summed E-state index contributed by atoms with van der Waals surface area (Å²) in [5.74, 6) is 5.53. The van der Waals surface area contributed by atoms with E-state index in [4.69, 9.17) is 0 Å². The van der Waals surface area contributed by atoms with Gasteiger partial charge < -0.3 is 0 Å². The summed E-state index contributed by atoms with van der Waals surface area (Å²) in [5.41, 5.74) is 0. The van der Waals surface area contributed by atoms with Crippen LogP contribution >= 0.6 is 0 Å². The van der Waals surface area contributed by atoms with Crippen molar-refractivity contribution in [1.29, 1.82) is 0 Å². The average Bonchev–Trinajstić information content (AvgIpc) is 2.48. The van der Waals surface area contributed by atoms with Gasteiger partial charge in [0.2, 0.25) is 0 Å². The summed E-state index contributed by atoms with van der Waals surface area (Å²) in [5, 5.41) is 0. The highest BCUT2D eigenvalue weighted by Crippen LogP contribution is 2.43. The van der Waals surface area contributed by atoms with Crippen molar-refractivity contribution in [3.8, 4) is 0 Å². The van der Waals surface area contributed by atoms with Crippen molar-refractivity contribution >= 4 is 0 Å². The third-order valence-corrected chi connectivity index (χ3v) is 6.13. The number of rotatable bonds is 5. The molecule has 4 atom stereocenters. The molecule has 1 saturated carbocycles. The second kappa shape index (κ2) is 9.11. The summed E-state index contributed by atoms with van der Waals surface area (Å²) in [7, 11) is 0. The fraction of sp³-hybridized carbons (Fsp3) is 1.00. The van der Waals surface area contributed by atoms with Crippen molar-refractivity contribution in [3.63, 3.8) is 0 Å². The van der Waals surface area contributed by atoms with E-state index in [-0.39, 0.29) is 0 Å². The largest absolute Gasteiger partial charge is 0.0654 e. The monoisotopic (exact) mass is 280 g/mol. The highest BCUT2D eigenvalue weighted by Gasteiger charge is 2.34. The van der Waals surface area contributed by atoms with Crippen molar-refractivity contribution in [2.24, 2.45) is 35.5 Å². The second-order valence-corrected chi connectivity index (χ2v) is 8.12. The van der Waals surface area contributed by atoms with Crippen molar-refractivity contribution in [2.45, 2.75) is 92.9 Å². The van der Waals surface area contributed by atoms with Crippen LogP contribution < -0.4 is 0 Å². The van der Waals surface area contributed by atoms with E-state index in [1.165, 1.54) is 51.4 Å². The van der Waals surface area contributed by atoms with Gasteiger partial charge in [-0.1, -0.05) is 80.1 Å². The minimum absolute atomic E-state index is 0.841. The first kappa shape index (κ1) is 18.1. The Morgan fingerprint density at radius 2 is 1.35 bits per heavy atom. The van der Waals surface area contributed by atoms with E-state index in [9.17, 15) is 0 Å². The van der Waals surface area contributed by atoms with Crippen molar-refractivity contribution < 1.29 is 0 Å².